The Labute approximate surface area is 207 Å². The molecule has 3 aromatic rings. The van der Waals surface area contributed by atoms with Gasteiger partial charge in [-0.3, -0.25) is 9.69 Å². The summed E-state index contributed by atoms with van der Waals surface area (Å²) in [6, 6.07) is 16.5. The molecule has 2 aromatic carbocycles. The molecule has 1 fully saturated rings. The Morgan fingerprint density at radius 3 is 2.61 bits per heavy atom. The molecule has 0 aliphatic carbocycles. The first-order valence-electron chi connectivity index (χ1n) is 11.3. The van der Waals surface area contributed by atoms with Crippen LogP contribution in [0.3, 0.4) is 0 Å². The van der Waals surface area contributed by atoms with Crippen molar-refractivity contribution in [2.24, 2.45) is 5.92 Å². The summed E-state index contributed by atoms with van der Waals surface area (Å²) in [5.41, 5.74) is 3.54. The molecular weight excluding hydrogens is 500 g/mol. The van der Waals surface area contributed by atoms with Gasteiger partial charge in [0.05, 0.1) is 6.54 Å². The third kappa shape index (κ3) is 7.16. The number of hydrogen-bond donors (Lipinski definition) is 1. The maximum Gasteiger partial charge on any atom is 0.241 e. The fourth-order valence-electron chi connectivity index (χ4n) is 3.84. The number of benzene rings is 2. The number of aromatic nitrogens is 2. The van der Waals surface area contributed by atoms with Gasteiger partial charge in [0.15, 0.2) is 0 Å². The quantitative estimate of drug-likeness (QED) is 0.391. The fraction of sp³-hybridized carbons (Fsp3) is 0.400. The largest absolute Gasteiger partial charge is 0.355 e. The van der Waals surface area contributed by atoms with Gasteiger partial charge in [-0.1, -0.05) is 50.9 Å². The molecule has 1 aromatic heterocycles. The summed E-state index contributed by atoms with van der Waals surface area (Å²) in [5, 5.41) is 7.22. The highest BCUT2D eigenvalue weighted by Crippen LogP contribution is 2.22. The van der Waals surface area contributed by atoms with Crippen LogP contribution in [0.1, 0.15) is 29.9 Å². The zero-order valence-corrected chi connectivity index (χ0v) is 21.2. The summed E-state index contributed by atoms with van der Waals surface area (Å²) >= 11 is 5.29. The first-order valence-corrected chi connectivity index (χ1v) is 13.2. The Balaban J connectivity index is 1.13. The molecule has 174 valence electrons. The van der Waals surface area contributed by atoms with E-state index in [2.05, 4.69) is 67.5 Å². The maximum atomic E-state index is 12.5. The first kappa shape index (κ1) is 24.0. The fourth-order valence-corrected chi connectivity index (χ4v) is 4.93. The van der Waals surface area contributed by atoms with Crippen LogP contribution in [0.15, 0.2) is 57.5 Å². The number of nitrogens with zero attached hydrogens (tertiary/aromatic N) is 3. The predicted octanol–water partition coefficient (Wildman–Crippen LogP) is 5.07. The molecule has 1 saturated heterocycles. The van der Waals surface area contributed by atoms with E-state index < -0.39 is 0 Å². The molecule has 6 nitrogen and oxygen atoms in total. The molecule has 2 heterocycles. The van der Waals surface area contributed by atoms with Gasteiger partial charge in [-0.15, -0.1) is 0 Å². The Morgan fingerprint density at radius 2 is 1.88 bits per heavy atom. The van der Waals surface area contributed by atoms with E-state index in [1.807, 2.05) is 36.0 Å². The molecule has 8 heteroatoms. The summed E-state index contributed by atoms with van der Waals surface area (Å²) in [4.78, 5) is 19.3. The van der Waals surface area contributed by atoms with Crippen LogP contribution in [0.25, 0.3) is 11.4 Å². The molecular formula is C25H29BrN4O2S. The average Bonchev–Trinajstić information content (AvgIpc) is 3.29. The maximum absolute atomic E-state index is 12.5. The van der Waals surface area contributed by atoms with Crippen molar-refractivity contribution in [2.75, 3.05) is 25.4 Å². The van der Waals surface area contributed by atoms with Gasteiger partial charge in [0.1, 0.15) is 0 Å². The molecule has 0 unspecified atom stereocenters. The minimum Gasteiger partial charge on any atom is -0.355 e. The minimum atomic E-state index is 0.0874. The molecule has 1 N–H and O–H groups in total. The molecule has 4 rings (SSSR count). The van der Waals surface area contributed by atoms with Crippen molar-refractivity contribution in [3.05, 3.63) is 70.0 Å². The number of nitrogens with one attached hydrogen (secondary N) is 1. The number of hydrogen-bond acceptors (Lipinski definition) is 6. The summed E-state index contributed by atoms with van der Waals surface area (Å²) in [7, 11) is 0. The molecule has 1 aliphatic heterocycles. The molecule has 0 spiro atoms. The number of piperidine rings is 1. The van der Waals surface area contributed by atoms with Gasteiger partial charge in [0.2, 0.25) is 17.6 Å². The molecule has 33 heavy (non-hydrogen) atoms. The van der Waals surface area contributed by atoms with Crippen LogP contribution in [-0.2, 0) is 17.1 Å². The van der Waals surface area contributed by atoms with Gasteiger partial charge in [-0.25, -0.2) is 0 Å². The third-order valence-corrected chi connectivity index (χ3v) is 7.38. The Kier molecular flexibility index (Phi) is 8.58. The van der Waals surface area contributed by atoms with Gasteiger partial charge in [-0.05, 0) is 62.7 Å². The van der Waals surface area contributed by atoms with Crippen LogP contribution in [0.2, 0.25) is 0 Å². The second-order valence-electron chi connectivity index (χ2n) is 8.40. The number of carbonyl (C=O) groups is 1. The lowest BCUT2D eigenvalue weighted by Crippen LogP contribution is -2.40. The van der Waals surface area contributed by atoms with Crippen LogP contribution in [-0.4, -0.2) is 46.3 Å². The van der Waals surface area contributed by atoms with E-state index >= 15 is 0 Å². The normalized spacial score (nSPS) is 15.0. The molecule has 0 radical (unpaired) electrons. The smallest absolute Gasteiger partial charge is 0.241 e. The molecule has 1 aliphatic rings. The van der Waals surface area contributed by atoms with Crippen LogP contribution >= 0.6 is 27.7 Å². The SMILES string of the molecule is Cc1ccc(CSCCNC(=O)C2CCN(Cc3nc(-c4ccc(Br)cc4)no3)CC2)cc1. The number of carbonyl (C=O) groups excluding carboxylic acids is 1. The van der Waals surface area contributed by atoms with E-state index in [1.165, 1.54) is 11.1 Å². The minimum absolute atomic E-state index is 0.0874. The highest BCUT2D eigenvalue weighted by atomic mass is 79.9. The van der Waals surface area contributed by atoms with Gasteiger partial charge >= 0.3 is 0 Å². The Hall–Kier alpha value is -2.16. The standard InChI is InChI=1S/C25H29BrN4O2S/c1-18-2-4-19(5-3-18)17-33-15-12-27-25(31)21-10-13-30(14-11-21)16-23-28-24(29-32-23)20-6-8-22(26)9-7-20/h2-9,21H,10-17H2,1H3,(H,27,31). The summed E-state index contributed by atoms with van der Waals surface area (Å²) in [6.07, 6.45) is 1.71. The van der Waals surface area contributed by atoms with E-state index in [0.717, 1.165) is 54.0 Å². The average molecular weight is 530 g/mol. The summed E-state index contributed by atoms with van der Waals surface area (Å²) in [5.74, 6) is 3.39. The topological polar surface area (TPSA) is 71.3 Å². The number of rotatable bonds is 9. The van der Waals surface area contributed by atoms with Crippen molar-refractivity contribution in [3.63, 3.8) is 0 Å². The number of amides is 1. The number of thioether (sulfide) groups is 1. The lowest BCUT2D eigenvalue weighted by molar-refractivity contribution is -0.126. The van der Waals surface area contributed by atoms with E-state index in [1.54, 1.807) is 0 Å². The van der Waals surface area contributed by atoms with Crippen molar-refractivity contribution in [1.82, 2.24) is 20.4 Å². The summed E-state index contributed by atoms with van der Waals surface area (Å²) in [6.45, 7) is 5.15. The third-order valence-electron chi connectivity index (χ3n) is 5.82. The van der Waals surface area contributed by atoms with E-state index in [9.17, 15) is 4.79 Å². The monoisotopic (exact) mass is 528 g/mol. The second-order valence-corrected chi connectivity index (χ2v) is 10.4. The van der Waals surface area contributed by atoms with Gasteiger partial charge in [-0.2, -0.15) is 16.7 Å². The molecule has 1 amide bonds. The van der Waals surface area contributed by atoms with E-state index in [0.29, 0.717) is 18.3 Å². The van der Waals surface area contributed by atoms with E-state index in [-0.39, 0.29) is 11.8 Å². The zero-order chi connectivity index (χ0) is 23.0. The van der Waals surface area contributed by atoms with Crippen molar-refractivity contribution in [3.8, 4) is 11.4 Å². The number of aryl methyl sites for hydroxylation is 1. The van der Waals surface area contributed by atoms with Crippen LogP contribution in [0, 0.1) is 12.8 Å². The number of likely N-dealkylation sites (tertiary alicyclic amines) is 1. The van der Waals surface area contributed by atoms with Gasteiger partial charge in [0.25, 0.3) is 0 Å². The molecule has 0 atom stereocenters. The first-order chi connectivity index (χ1) is 16.1. The summed E-state index contributed by atoms with van der Waals surface area (Å²) < 4.78 is 6.46. The van der Waals surface area contributed by atoms with Crippen molar-refractivity contribution >= 4 is 33.6 Å². The van der Waals surface area contributed by atoms with Crippen molar-refractivity contribution in [2.45, 2.75) is 32.1 Å². The van der Waals surface area contributed by atoms with Crippen LogP contribution < -0.4 is 5.32 Å². The van der Waals surface area contributed by atoms with Gasteiger partial charge < -0.3 is 9.84 Å². The van der Waals surface area contributed by atoms with Crippen LogP contribution in [0.4, 0.5) is 0 Å². The van der Waals surface area contributed by atoms with Crippen molar-refractivity contribution < 1.29 is 9.32 Å². The highest BCUT2D eigenvalue weighted by molar-refractivity contribution is 9.10. The molecule has 0 saturated carbocycles. The second kappa shape index (κ2) is 11.8. The van der Waals surface area contributed by atoms with Crippen LogP contribution in [0.5, 0.6) is 0 Å². The Bertz CT molecular complexity index is 1030. The lowest BCUT2D eigenvalue weighted by Gasteiger charge is -2.30. The van der Waals surface area contributed by atoms with E-state index in [4.69, 9.17) is 4.52 Å². The molecule has 0 bridgehead atoms. The number of halogens is 1. The van der Waals surface area contributed by atoms with Crippen molar-refractivity contribution in [1.29, 1.82) is 0 Å². The zero-order valence-electron chi connectivity index (χ0n) is 18.8. The Morgan fingerprint density at radius 1 is 1.15 bits per heavy atom. The highest BCUT2D eigenvalue weighted by Gasteiger charge is 2.25. The lowest BCUT2D eigenvalue weighted by atomic mass is 9.96. The predicted molar refractivity (Wildman–Crippen MR) is 136 cm³/mol. The van der Waals surface area contributed by atoms with Gasteiger partial charge in [0, 0.05) is 34.0 Å².